The third-order valence-corrected chi connectivity index (χ3v) is 6.25. The monoisotopic (exact) mass is 535 g/mol. The zero-order chi connectivity index (χ0) is 16.2. The molecule has 1 nitrogen and oxygen atoms in total. The Labute approximate surface area is 157 Å². The van der Waals surface area contributed by atoms with Gasteiger partial charge in [0.15, 0.2) is 24.5 Å². The molecule has 0 bridgehead atoms. The lowest BCUT2D eigenvalue weighted by Crippen LogP contribution is -3.61. The summed E-state index contributed by atoms with van der Waals surface area (Å²) in [6.45, 7) is 0. The topological polar surface area (TPSA) is 9.23 Å². The second-order valence-corrected chi connectivity index (χ2v) is 8.92. The van der Waals surface area contributed by atoms with Crippen molar-refractivity contribution in [3.8, 4) is 11.5 Å². The highest BCUT2D eigenvalue weighted by Crippen LogP contribution is 2.28. The molecule has 0 N–H and O–H groups in total. The predicted molar refractivity (Wildman–Crippen MR) is 89.4 cm³/mol. The van der Waals surface area contributed by atoms with Gasteiger partial charge in [0.1, 0.15) is 5.75 Å². The lowest BCUT2D eigenvalue weighted by Gasteiger charge is -2.08. The quantitative estimate of drug-likeness (QED) is 0.467. The van der Waals surface area contributed by atoms with Gasteiger partial charge < -0.3 is 4.74 Å². The third kappa shape index (κ3) is 4.41. The van der Waals surface area contributed by atoms with Crippen LogP contribution in [0.15, 0.2) is 66.7 Å². The summed E-state index contributed by atoms with van der Waals surface area (Å²) in [7, 11) is 0. The molecule has 0 amide bonds. The van der Waals surface area contributed by atoms with Crippen molar-refractivity contribution < 1.29 is 34.7 Å². The minimum atomic E-state index is -0.699. The third-order valence-electron chi connectivity index (χ3n) is 2.95. The van der Waals surface area contributed by atoms with E-state index >= 15 is 0 Å². The molecule has 0 spiro atoms. The minimum Gasteiger partial charge on any atom is -0.451 e. The van der Waals surface area contributed by atoms with Gasteiger partial charge in [0, 0.05) is 3.57 Å². The summed E-state index contributed by atoms with van der Waals surface area (Å²) in [6, 6.07) is 20.1. The Morgan fingerprint density at radius 1 is 0.783 bits per heavy atom. The Kier molecular flexibility index (Phi) is 5.47. The zero-order valence-corrected chi connectivity index (χ0v) is 16.1. The van der Waals surface area contributed by atoms with Gasteiger partial charge >= 0.3 is 21.2 Å². The molecule has 23 heavy (non-hydrogen) atoms. The molecule has 0 aliphatic carbocycles. The molecule has 3 aromatic carbocycles. The number of halogens is 4. The van der Waals surface area contributed by atoms with E-state index in [2.05, 4.69) is 12.1 Å². The summed E-state index contributed by atoms with van der Waals surface area (Å²) in [5, 5.41) is 0. The van der Waals surface area contributed by atoms with Gasteiger partial charge in [0.25, 0.3) is 0 Å². The van der Waals surface area contributed by atoms with Crippen LogP contribution in [-0.4, -0.2) is 0 Å². The first-order valence-electron chi connectivity index (χ1n) is 6.74. The fourth-order valence-electron chi connectivity index (χ4n) is 1.91. The standard InChI is InChI=1S/C18H11F2I2O/c19-16-10-12(21)11-17(20)18(16)23-15-8-6-14(7-9-15)22-13-4-2-1-3-5-13/h1-11H/q+1. The fraction of sp³-hybridized carbons (Fsp3) is 0. The summed E-state index contributed by atoms with van der Waals surface area (Å²) in [5.74, 6) is -1.34. The molecular formula is C18H11F2I2O+. The summed E-state index contributed by atoms with van der Waals surface area (Å²) in [5.41, 5.74) is 0. The highest BCUT2D eigenvalue weighted by molar-refractivity contribution is 14.1. The Morgan fingerprint density at radius 2 is 1.35 bits per heavy atom. The lowest BCUT2D eigenvalue weighted by molar-refractivity contribution is -0.597. The Balaban J connectivity index is 1.76. The van der Waals surface area contributed by atoms with Gasteiger partial charge in [-0.2, -0.15) is 0 Å². The maximum Gasteiger partial charge on any atom is 0.357 e. The number of ether oxygens (including phenoxy) is 1. The van der Waals surface area contributed by atoms with Crippen LogP contribution >= 0.6 is 22.6 Å². The van der Waals surface area contributed by atoms with E-state index in [-0.39, 0.29) is 27.0 Å². The van der Waals surface area contributed by atoms with Crippen molar-refractivity contribution in [3.05, 3.63) is 89.1 Å². The number of benzene rings is 3. The second-order valence-electron chi connectivity index (χ2n) is 4.64. The van der Waals surface area contributed by atoms with Crippen LogP contribution in [0.3, 0.4) is 0 Å². The average Bonchev–Trinajstić information content (AvgIpc) is 2.53. The van der Waals surface area contributed by atoms with Crippen LogP contribution in [0.2, 0.25) is 0 Å². The molecule has 0 fully saturated rings. The molecular weight excluding hydrogens is 524 g/mol. The van der Waals surface area contributed by atoms with E-state index < -0.39 is 11.6 Å². The van der Waals surface area contributed by atoms with Gasteiger partial charge in [-0.15, -0.1) is 0 Å². The van der Waals surface area contributed by atoms with E-state index in [0.29, 0.717) is 9.32 Å². The van der Waals surface area contributed by atoms with Crippen molar-refractivity contribution in [2.45, 2.75) is 0 Å². The summed E-state index contributed by atoms with van der Waals surface area (Å²) >= 11 is 1.60. The van der Waals surface area contributed by atoms with Crippen molar-refractivity contribution in [3.63, 3.8) is 0 Å². The first-order valence-corrected chi connectivity index (χ1v) is 9.98. The lowest BCUT2D eigenvalue weighted by atomic mass is 10.3. The second kappa shape index (κ2) is 7.57. The molecule has 0 saturated heterocycles. The molecule has 0 aliphatic rings. The molecule has 0 unspecified atom stereocenters. The molecule has 5 heteroatoms. The van der Waals surface area contributed by atoms with Gasteiger partial charge in [-0.1, -0.05) is 18.2 Å². The molecule has 116 valence electrons. The molecule has 0 heterocycles. The molecule has 3 aromatic rings. The number of rotatable bonds is 4. The van der Waals surface area contributed by atoms with Crippen LogP contribution in [0.25, 0.3) is 0 Å². The normalized spacial score (nSPS) is 10.6. The first kappa shape index (κ1) is 16.6. The van der Waals surface area contributed by atoms with Crippen molar-refractivity contribution in [2.75, 3.05) is 0 Å². The zero-order valence-electron chi connectivity index (χ0n) is 11.8. The first-order chi connectivity index (χ1) is 11.1. The largest absolute Gasteiger partial charge is 0.451 e. The number of hydrogen-bond acceptors (Lipinski definition) is 1. The Hall–Kier alpha value is -1.22. The van der Waals surface area contributed by atoms with Crippen molar-refractivity contribution in [1.29, 1.82) is 0 Å². The van der Waals surface area contributed by atoms with Crippen LogP contribution in [-0.2, 0) is 0 Å². The SMILES string of the molecule is Fc1cc(I)cc(F)c1Oc1ccc([I+]c2ccccc2)cc1. The van der Waals surface area contributed by atoms with E-state index in [1.807, 2.05) is 52.9 Å². The maximum absolute atomic E-state index is 13.8. The van der Waals surface area contributed by atoms with E-state index in [1.165, 1.54) is 19.3 Å². The van der Waals surface area contributed by atoms with E-state index in [9.17, 15) is 8.78 Å². The Bertz CT molecular complexity index is 782. The van der Waals surface area contributed by atoms with Crippen LogP contribution in [0, 0.1) is 22.3 Å². The summed E-state index contributed by atoms with van der Waals surface area (Å²) in [4.78, 5) is 0. The maximum atomic E-state index is 13.8. The average molecular weight is 535 g/mol. The van der Waals surface area contributed by atoms with E-state index in [1.54, 1.807) is 12.1 Å². The van der Waals surface area contributed by atoms with Crippen LogP contribution in [0.1, 0.15) is 0 Å². The van der Waals surface area contributed by atoms with Gasteiger partial charge in [-0.05, 0) is 71.1 Å². The Morgan fingerprint density at radius 3 is 1.96 bits per heavy atom. The minimum absolute atomic E-state index is 0.266. The molecule has 0 saturated carbocycles. The van der Waals surface area contributed by atoms with E-state index in [4.69, 9.17) is 4.74 Å². The highest BCUT2D eigenvalue weighted by Gasteiger charge is 2.16. The van der Waals surface area contributed by atoms with Gasteiger partial charge in [-0.3, -0.25) is 0 Å². The van der Waals surface area contributed by atoms with Crippen molar-refractivity contribution in [1.82, 2.24) is 0 Å². The molecule has 0 aromatic heterocycles. The molecule has 0 radical (unpaired) electrons. The highest BCUT2D eigenvalue weighted by atomic mass is 127. The smallest absolute Gasteiger partial charge is 0.357 e. The summed E-state index contributed by atoms with van der Waals surface area (Å²) in [6.07, 6.45) is 0. The fourth-order valence-corrected chi connectivity index (χ4v) is 4.67. The van der Waals surface area contributed by atoms with Gasteiger partial charge in [0.05, 0.1) is 0 Å². The molecule has 0 aliphatic heterocycles. The molecule has 0 atom stereocenters. The van der Waals surface area contributed by atoms with Crippen LogP contribution in [0.4, 0.5) is 8.78 Å². The van der Waals surface area contributed by atoms with Crippen molar-refractivity contribution >= 4 is 22.6 Å². The summed E-state index contributed by atoms with van der Waals surface area (Å²) < 4.78 is 36.0. The van der Waals surface area contributed by atoms with Gasteiger partial charge in [-0.25, -0.2) is 8.78 Å². The molecule has 3 rings (SSSR count). The van der Waals surface area contributed by atoms with E-state index in [0.717, 1.165) is 0 Å². The predicted octanol–water partition coefficient (Wildman–Crippen LogP) is 2.49. The number of hydrogen-bond donors (Lipinski definition) is 0. The van der Waals surface area contributed by atoms with Crippen LogP contribution in [0.5, 0.6) is 11.5 Å². The van der Waals surface area contributed by atoms with Crippen LogP contribution < -0.4 is 25.9 Å². The van der Waals surface area contributed by atoms with Crippen molar-refractivity contribution in [2.24, 2.45) is 0 Å². The van der Waals surface area contributed by atoms with Gasteiger partial charge in [0.2, 0.25) is 0 Å².